The van der Waals surface area contributed by atoms with E-state index in [9.17, 15) is 21.6 Å². The largest absolute Gasteiger partial charge is 0.341 e. The Balaban J connectivity index is 2.16. The number of rotatable bonds is 4. The van der Waals surface area contributed by atoms with E-state index in [0.29, 0.717) is 12.0 Å². The second-order valence-electron chi connectivity index (χ2n) is 5.62. The molecule has 0 saturated carbocycles. The molecule has 0 bridgehead atoms. The number of amides is 1. The fraction of sp³-hybridized carbons (Fsp3) is 0.500. The zero-order valence-corrected chi connectivity index (χ0v) is 14.2. The van der Waals surface area contributed by atoms with Crippen LogP contribution in [0.25, 0.3) is 0 Å². The van der Waals surface area contributed by atoms with Gasteiger partial charge in [-0.2, -0.15) is 0 Å². The van der Waals surface area contributed by atoms with Crippen LogP contribution in [0.2, 0.25) is 0 Å². The quantitative estimate of drug-likeness (QED) is 0.782. The van der Waals surface area contributed by atoms with Gasteiger partial charge in [-0.3, -0.25) is 4.79 Å². The van der Waals surface area contributed by atoms with Crippen LogP contribution >= 0.6 is 0 Å². The number of likely N-dealkylation sites (N-methyl/N-ethyl adjacent to an activating group) is 1. The molecule has 0 aliphatic carbocycles. The molecule has 8 heteroatoms. The molecule has 1 unspecified atom stereocenters. The van der Waals surface area contributed by atoms with Crippen molar-refractivity contribution in [2.24, 2.45) is 0 Å². The van der Waals surface area contributed by atoms with Gasteiger partial charge in [0.15, 0.2) is 19.7 Å². The van der Waals surface area contributed by atoms with Gasteiger partial charge in [0.2, 0.25) is 5.91 Å². The third kappa shape index (κ3) is 3.86. The third-order valence-electron chi connectivity index (χ3n) is 3.86. The fourth-order valence-corrected chi connectivity index (χ4v) is 5.30. The zero-order chi connectivity index (χ0) is 16.5. The highest BCUT2D eigenvalue weighted by Gasteiger charge is 2.32. The number of hydrogen-bond acceptors (Lipinski definition) is 5. The summed E-state index contributed by atoms with van der Waals surface area (Å²) in [6.45, 7) is 0. The van der Waals surface area contributed by atoms with Gasteiger partial charge in [0.25, 0.3) is 0 Å². The molecule has 1 amide bonds. The molecule has 0 N–H and O–H groups in total. The van der Waals surface area contributed by atoms with Crippen LogP contribution in [-0.4, -0.2) is 58.5 Å². The van der Waals surface area contributed by atoms with Crippen LogP contribution in [0.5, 0.6) is 0 Å². The summed E-state index contributed by atoms with van der Waals surface area (Å²) in [5.41, 5.74) is 0.433. The summed E-state index contributed by atoms with van der Waals surface area (Å²) < 4.78 is 46.5. The summed E-state index contributed by atoms with van der Waals surface area (Å²) in [7, 11) is -4.91. The summed E-state index contributed by atoms with van der Waals surface area (Å²) in [4.78, 5) is 13.9. The van der Waals surface area contributed by atoms with Gasteiger partial charge >= 0.3 is 0 Å². The second-order valence-corrected chi connectivity index (χ2v) is 9.83. The maximum atomic E-state index is 12.3. The first kappa shape index (κ1) is 17.0. The van der Waals surface area contributed by atoms with Crippen molar-refractivity contribution in [3.05, 3.63) is 29.8 Å². The minimum absolute atomic E-state index is 0.0248. The number of benzene rings is 1. The number of carbonyl (C=O) groups is 1. The number of hydrogen-bond donors (Lipinski definition) is 0. The van der Waals surface area contributed by atoms with Gasteiger partial charge < -0.3 is 4.90 Å². The summed E-state index contributed by atoms with van der Waals surface area (Å²) in [5.74, 6) is -0.212. The Morgan fingerprint density at radius 2 is 1.95 bits per heavy atom. The van der Waals surface area contributed by atoms with Crippen molar-refractivity contribution in [3.63, 3.8) is 0 Å². The maximum Gasteiger partial charge on any atom is 0.227 e. The number of carbonyl (C=O) groups excluding carboxylic acids is 1. The molecule has 1 aromatic rings. The molecule has 1 aliphatic rings. The molecule has 0 radical (unpaired) electrons. The van der Waals surface area contributed by atoms with Crippen LogP contribution in [0, 0.1) is 0 Å². The van der Waals surface area contributed by atoms with E-state index in [4.69, 9.17) is 0 Å². The third-order valence-corrected chi connectivity index (χ3v) is 6.81. The molecule has 1 aromatic carbocycles. The van der Waals surface area contributed by atoms with E-state index in [2.05, 4.69) is 0 Å². The van der Waals surface area contributed by atoms with Crippen LogP contribution in [-0.2, 0) is 30.9 Å². The highest BCUT2D eigenvalue weighted by molar-refractivity contribution is 7.91. The van der Waals surface area contributed by atoms with E-state index >= 15 is 0 Å². The van der Waals surface area contributed by atoms with Crippen LogP contribution in [0.4, 0.5) is 0 Å². The Labute approximate surface area is 131 Å². The average molecular weight is 345 g/mol. The van der Waals surface area contributed by atoms with Gasteiger partial charge in [-0.05, 0) is 18.1 Å². The SMILES string of the molecule is CN(C(=O)Cc1ccccc1S(C)(=O)=O)C1CCS(=O)(=O)C1. The van der Waals surface area contributed by atoms with E-state index in [1.807, 2.05) is 0 Å². The van der Waals surface area contributed by atoms with E-state index < -0.39 is 19.7 Å². The van der Waals surface area contributed by atoms with Crippen molar-refractivity contribution in [1.29, 1.82) is 0 Å². The van der Waals surface area contributed by atoms with Gasteiger partial charge in [0, 0.05) is 19.3 Å². The molecule has 1 heterocycles. The molecular weight excluding hydrogens is 326 g/mol. The Morgan fingerprint density at radius 1 is 1.32 bits per heavy atom. The van der Waals surface area contributed by atoms with Crippen molar-refractivity contribution >= 4 is 25.6 Å². The average Bonchev–Trinajstić information content (AvgIpc) is 2.77. The lowest BCUT2D eigenvalue weighted by Crippen LogP contribution is -2.38. The monoisotopic (exact) mass is 345 g/mol. The minimum Gasteiger partial charge on any atom is -0.341 e. The maximum absolute atomic E-state index is 12.3. The second kappa shape index (κ2) is 6.00. The first-order valence-corrected chi connectivity index (χ1v) is 10.6. The highest BCUT2D eigenvalue weighted by Crippen LogP contribution is 2.20. The lowest BCUT2D eigenvalue weighted by atomic mass is 10.1. The Hall–Kier alpha value is -1.41. The minimum atomic E-state index is -3.41. The summed E-state index contributed by atoms with van der Waals surface area (Å²) in [6, 6.07) is 6.03. The van der Waals surface area contributed by atoms with Crippen molar-refractivity contribution in [2.75, 3.05) is 24.8 Å². The van der Waals surface area contributed by atoms with E-state index in [1.165, 1.54) is 11.0 Å². The lowest BCUT2D eigenvalue weighted by Gasteiger charge is -2.23. The Morgan fingerprint density at radius 3 is 2.50 bits per heavy atom. The molecule has 1 atom stereocenters. The summed E-state index contributed by atoms with van der Waals surface area (Å²) in [6.07, 6.45) is 1.47. The van der Waals surface area contributed by atoms with Crippen molar-refractivity contribution in [1.82, 2.24) is 4.90 Å². The molecule has 0 aromatic heterocycles. The van der Waals surface area contributed by atoms with Crippen LogP contribution in [0.3, 0.4) is 0 Å². The molecule has 1 aliphatic heterocycles. The van der Waals surface area contributed by atoms with Crippen molar-refractivity contribution in [3.8, 4) is 0 Å². The van der Waals surface area contributed by atoms with Gasteiger partial charge in [-0.25, -0.2) is 16.8 Å². The van der Waals surface area contributed by atoms with E-state index in [-0.39, 0.29) is 34.8 Å². The topological polar surface area (TPSA) is 88.6 Å². The van der Waals surface area contributed by atoms with Crippen LogP contribution in [0.15, 0.2) is 29.2 Å². The summed E-state index contributed by atoms with van der Waals surface area (Å²) in [5, 5.41) is 0. The van der Waals surface area contributed by atoms with E-state index in [0.717, 1.165) is 6.26 Å². The summed E-state index contributed by atoms with van der Waals surface area (Å²) >= 11 is 0. The normalized spacial score (nSPS) is 20.7. The highest BCUT2D eigenvalue weighted by atomic mass is 32.2. The Kier molecular flexibility index (Phi) is 4.62. The lowest BCUT2D eigenvalue weighted by molar-refractivity contribution is -0.130. The van der Waals surface area contributed by atoms with Gasteiger partial charge in [0.1, 0.15) is 0 Å². The van der Waals surface area contributed by atoms with E-state index in [1.54, 1.807) is 25.2 Å². The first-order valence-electron chi connectivity index (χ1n) is 6.84. The Bertz CT molecular complexity index is 783. The molecule has 1 fully saturated rings. The molecule has 22 heavy (non-hydrogen) atoms. The van der Waals surface area contributed by atoms with Gasteiger partial charge in [-0.15, -0.1) is 0 Å². The number of sulfone groups is 2. The smallest absolute Gasteiger partial charge is 0.227 e. The fourth-order valence-electron chi connectivity index (χ4n) is 2.58. The van der Waals surface area contributed by atoms with Crippen molar-refractivity contribution < 1.29 is 21.6 Å². The molecule has 1 saturated heterocycles. The molecule has 122 valence electrons. The molecule has 0 spiro atoms. The zero-order valence-electron chi connectivity index (χ0n) is 12.5. The number of nitrogens with zero attached hydrogens (tertiary/aromatic N) is 1. The molecule has 6 nitrogen and oxygen atoms in total. The predicted molar refractivity (Wildman–Crippen MR) is 83.1 cm³/mol. The van der Waals surface area contributed by atoms with Crippen LogP contribution < -0.4 is 0 Å². The van der Waals surface area contributed by atoms with Gasteiger partial charge in [0.05, 0.1) is 22.8 Å². The molecular formula is C14H19NO5S2. The van der Waals surface area contributed by atoms with Crippen molar-refractivity contribution in [2.45, 2.75) is 23.8 Å². The standard InChI is InChI=1S/C14H19NO5S2/c1-15(12-7-8-22(19,20)10-12)14(16)9-11-5-3-4-6-13(11)21(2,17)18/h3-6,12H,7-10H2,1-2H3. The molecule has 2 rings (SSSR count). The predicted octanol–water partition coefficient (Wildman–Crippen LogP) is 0.278. The van der Waals surface area contributed by atoms with Gasteiger partial charge in [-0.1, -0.05) is 18.2 Å². The van der Waals surface area contributed by atoms with Crippen LogP contribution in [0.1, 0.15) is 12.0 Å². The first-order chi connectivity index (χ1) is 10.1.